The first-order valence-corrected chi connectivity index (χ1v) is 5.37. The second-order valence-electron chi connectivity index (χ2n) is 4.95. The zero-order valence-electron chi connectivity index (χ0n) is 8.60. The van der Waals surface area contributed by atoms with Crippen LogP contribution in [-0.2, 0) is 4.79 Å². The molecular weight excluding hydrogens is 160 g/mol. The summed E-state index contributed by atoms with van der Waals surface area (Å²) >= 11 is 0. The SMILES string of the molecule is CC1CCCCC2(C)CC(=O)C=C12. The van der Waals surface area contributed by atoms with Gasteiger partial charge < -0.3 is 0 Å². The lowest BCUT2D eigenvalue weighted by molar-refractivity contribution is -0.115. The minimum atomic E-state index is 0.229. The van der Waals surface area contributed by atoms with E-state index in [0.29, 0.717) is 11.7 Å². The summed E-state index contributed by atoms with van der Waals surface area (Å²) < 4.78 is 0. The van der Waals surface area contributed by atoms with Gasteiger partial charge in [-0.05, 0) is 30.3 Å². The summed E-state index contributed by atoms with van der Waals surface area (Å²) in [6.45, 7) is 4.54. The normalized spacial score (nSPS) is 39.7. The van der Waals surface area contributed by atoms with E-state index in [1.165, 1.54) is 31.3 Å². The average Bonchev–Trinajstić information content (AvgIpc) is 2.29. The second-order valence-corrected chi connectivity index (χ2v) is 4.95. The number of carbonyl (C=O) groups is 1. The number of hydrogen-bond donors (Lipinski definition) is 0. The molecule has 2 unspecified atom stereocenters. The fourth-order valence-electron chi connectivity index (χ4n) is 2.98. The van der Waals surface area contributed by atoms with Gasteiger partial charge in [-0.15, -0.1) is 0 Å². The van der Waals surface area contributed by atoms with Crippen molar-refractivity contribution in [1.82, 2.24) is 0 Å². The molecule has 2 atom stereocenters. The Kier molecular flexibility index (Phi) is 2.05. The van der Waals surface area contributed by atoms with Crippen LogP contribution in [0.25, 0.3) is 0 Å². The standard InChI is InChI=1S/C12H18O/c1-9-5-3-4-6-12(2)8-10(13)7-11(9)12/h7,9H,3-6,8H2,1-2H3. The molecule has 72 valence electrons. The van der Waals surface area contributed by atoms with Crippen molar-refractivity contribution >= 4 is 5.78 Å². The Hall–Kier alpha value is -0.590. The lowest BCUT2D eigenvalue weighted by atomic mass is 9.76. The highest BCUT2D eigenvalue weighted by Gasteiger charge is 2.39. The Morgan fingerprint density at radius 2 is 2.23 bits per heavy atom. The van der Waals surface area contributed by atoms with E-state index in [1.807, 2.05) is 6.08 Å². The first kappa shape index (κ1) is 8.98. The number of carbonyl (C=O) groups excluding carboxylic acids is 1. The highest BCUT2D eigenvalue weighted by atomic mass is 16.1. The summed E-state index contributed by atoms with van der Waals surface area (Å²) in [5.41, 5.74) is 1.67. The van der Waals surface area contributed by atoms with E-state index in [-0.39, 0.29) is 5.41 Å². The van der Waals surface area contributed by atoms with E-state index < -0.39 is 0 Å². The number of fused-ring (bicyclic) bond motifs is 1. The van der Waals surface area contributed by atoms with Crippen molar-refractivity contribution in [1.29, 1.82) is 0 Å². The lowest BCUT2D eigenvalue weighted by Gasteiger charge is -2.27. The number of allylic oxidation sites excluding steroid dienone is 2. The maximum absolute atomic E-state index is 11.4. The van der Waals surface area contributed by atoms with Gasteiger partial charge in [-0.3, -0.25) is 4.79 Å². The Morgan fingerprint density at radius 1 is 1.46 bits per heavy atom. The van der Waals surface area contributed by atoms with E-state index in [2.05, 4.69) is 13.8 Å². The van der Waals surface area contributed by atoms with Gasteiger partial charge >= 0.3 is 0 Å². The summed E-state index contributed by atoms with van der Waals surface area (Å²) in [6, 6.07) is 0. The van der Waals surface area contributed by atoms with E-state index in [0.717, 1.165) is 6.42 Å². The third-order valence-electron chi connectivity index (χ3n) is 3.72. The Labute approximate surface area is 80.2 Å². The summed E-state index contributed by atoms with van der Waals surface area (Å²) in [5.74, 6) is 0.991. The maximum atomic E-state index is 11.4. The van der Waals surface area contributed by atoms with Crippen molar-refractivity contribution in [2.75, 3.05) is 0 Å². The highest BCUT2D eigenvalue weighted by Crippen LogP contribution is 2.48. The van der Waals surface area contributed by atoms with Crippen LogP contribution >= 0.6 is 0 Å². The van der Waals surface area contributed by atoms with Crippen LogP contribution in [0.5, 0.6) is 0 Å². The first-order valence-electron chi connectivity index (χ1n) is 5.37. The van der Waals surface area contributed by atoms with Crippen LogP contribution in [0.3, 0.4) is 0 Å². The van der Waals surface area contributed by atoms with Crippen LogP contribution in [0.4, 0.5) is 0 Å². The molecule has 0 aromatic carbocycles. The summed E-state index contributed by atoms with van der Waals surface area (Å²) in [7, 11) is 0. The molecule has 1 fully saturated rings. The molecule has 0 spiro atoms. The molecule has 2 rings (SSSR count). The van der Waals surface area contributed by atoms with Gasteiger partial charge in [0.05, 0.1) is 0 Å². The smallest absolute Gasteiger partial charge is 0.156 e. The van der Waals surface area contributed by atoms with E-state index in [9.17, 15) is 4.79 Å². The van der Waals surface area contributed by atoms with E-state index in [1.54, 1.807) is 0 Å². The van der Waals surface area contributed by atoms with Crippen LogP contribution in [0.2, 0.25) is 0 Å². The van der Waals surface area contributed by atoms with Crippen molar-refractivity contribution in [2.45, 2.75) is 46.0 Å². The van der Waals surface area contributed by atoms with Crippen LogP contribution in [0, 0.1) is 11.3 Å². The van der Waals surface area contributed by atoms with Gasteiger partial charge in [0.2, 0.25) is 0 Å². The van der Waals surface area contributed by atoms with Crippen molar-refractivity contribution in [2.24, 2.45) is 11.3 Å². The van der Waals surface area contributed by atoms with Crippen molar-refractivity contribution in [3.8, 4) is 0 Å². The molecule has 1 heteroatoms. The average molecular weight is 178 g/mol. The molecule has 2 aliphatic rings. The lowest BCUT2D eigenvalue weighted by Crippen LogP contribution is -2.18. The monoisotopic (exact) mass is 178 g/mol. The van der Waals surface area contributed by atoms with Gasteiger partial charge in [-0.2, -0.15) is 0 Å². The van der Waals surface area contributed by atoms with Crippen molar-refractivity contribution in [3.63, 3.8) is 0 Å². The molecule has 0 N–H and O–H groups in total. The molecule has 0 aromatic rings. The third kappa shape index (κ3) is 1.45. The Balaban J connectivity index is 2.33. The van der Waals surface area contributed by atoms with Gasteiger partial charge in [0.15, 0.2) is 5.78 Å². The number of rotatable bonds is 0. The molecule has 0 aliphatic heterocycles. The van der Waals surface area contributed by atoms with Crippen LogP contribution in [0.15, 0.2) is 11.6 Å². The number of hydrogen-bond acceptors (Lipinski definition) is 1. The van der Waals surface area contributed by atoms with Crippen LogP contribution in [-0.4, -0.2) is 5.78 Å². The zero-order chi connectivity index (χ0) is 9.47. The van der Waals surface area contributed by atoms with Crippen molar-refractivity contribution in [3.05, 3.63) is 11.6 Å². The third-order valence-corrected chi connectivity index (χ3v) is 3.72. The van der Waals surface area contributed by atoms with E-state index >= 15 is 0 Å². The van der Waals surface area contributed by atoms with Crippen LogP contribution < -0.4 is 0 Å². The zero-order valence-corrected chi connectivity index (χ0v) is 8.60. The van der Waals surface area contributed by atoms with Gasteiger partial charge in [0.1, 0.15) is 0 Å². The molecule has 1 saturated carbocycles. The summed E-state index contributed by atoms with van der Waals surface area (Å²) in [6.07, 6.45) is 7.82. The first-order chi connectivity index (χ1) is 6.12. The summed E-state index contributed by atoms with van der Waals surface area (Å²) in [4.78, 5) is 11.4. The number of ketones is 1. The molecule has 1 nitrogen and oxygen atoms in total. The highest BCUT2D eigenvalue weighted by molar-refractivity contribution is 5.94. The molecule has 13 heavy (non-hydrogen) atoms. The molecule has 2 aliphatic carbocycles. The van der Waals surface area contributed by atoms with Gasteiger partial charge in [0.25, 0.3) is 0 Å². The quantitative estimate of drug-likeness (QED) is 0.557. The van der Waals surface area contributed by atoms with Gasteiger partial charge in [-0.25, -0.2) is 0 Å². The fourth-order valence-corrected chi connectivity index (χ4v) is 2.98. The minimum Gasteiger partial charge on any atom is -0.295 e. The van der Waals surface area contributed by atoms with Gasteiger partial charge in [0, 0.05) is 6.42 Å². The molecule has 0 aromatic heterocycles. The molecular formula is C12H18O. The van der Waals surface area contributed by atoms with Crippen LogP contribution in [0.1, 0.15) is 46.0 Å². The maximum Gasteiger partial charge on any atom is 0.156 e. The molecule has 0 saturated heterocycles. The second kappa shape index (κ2) is 2.97. The Morgan fingerprint density at radius 3 is 3.00 bits per heavy atom. The summed E-state index contributed by atoms with van der Waals surface area (Å²) in [5, 5.41) is 0. The predicted molar refractivity (Wildman–Crippen MR) is 53.4 cm³/mol. The van der Waals surface area contributed by atoms with Crippen molar-refractivity contribution < 1.29 is 4.79 Å². The molecule has 0 bridgehead atoms. The Bertz CT molecular complexity index is 264. The molecule has 0 amide bonds. The molecule has 0 heterocycles. The largest absolute Gasteiger partial charge is 0.295 e. The minimum absolute atomic E-state index is 0.229. The fraction of sp³-hybridized carbons (Fsp3) is 0.750. The van der Waals surface area contributed by atoms with E-state index in [4.69, 9.17) is 0 Å². The predicted octanol–water partition coefficient (Wildman–Crippen LogP) is 3.10. The molecule has 0 radical (unpaired) electrons. The topological polar surface area (TPSA) is 17.1 Å². The van der Waals surface area contributed by atoms with Gasteiger partial charge in [-0.1, -0.05) is 32.3 Å².